The van der Waals surface area contributed by atoms with Gasteiger partial charge < -0.3 is 4.74 Å². The third-order valence-corrected chi connectivity index (χ3v) is 4.02. The summed E-state index contributed by atoms with van der Waals surface area (Å²) in [6.45, 7) is 1.99. The van der Waals surface area contributed by atoms with Gasteiger partial charge in [-0.1, -0.05) is 35.5 Å². The molecule has 1 aromatic heterocycles. The first-order valence-corrected chi connectivity index (χ1v) is 7.61. The van der Waals surface area contributed by atoms with Gasteiger partial charge in [0.15, 0.2) is 9.39 Å². The second kappa shape index (κ2) is 5.51. The molecule has 0 spiro atoms. The highest BCUT2D eigenvalue weighted by atomic mass is 127. The van der Waals surface area contributed by atoms with Gasteiger partial charge in [0.05, 0.1) is 6.04 Å². The highest BCUT2D eigenvalue weighted by Gasteiger charge is 2.31. The predicted octanol–water partition coefficient (Wildman–Crippen LogP) is 2.81. The van der Waals surface area contributed by atoms with Crippen molar-refractivity contribution < 1.29 is 9.53 Å². The van der Waals surface area contributed by atoms with E-state index in [1.54, 1.807) is 4.68 Å². The molecule has 0 aliphatic heterocycles. The van der Waals surface area contributed by atoms with Gasteiger partial charge in [-0.15, -0.1) is 5.10 Å². The van der Waals surface area contributed by atoms with E-state index in [1.165, 1.54) is 0 Å². The molecular formula is C14H14IN3O2. The first kappa shape index (κ1) is 13.5. The fourth-order valence-corrected chi connectivity index (χ4v) is 2.55. The third-order valence-electron chi connectivity index (χ3n) is 3.29. The van der Waals surface area contributed by atoms with Crippen LogP contribution in [0.25, 0.3) is 0 Å². The van der Waals surface area contributed by atoms with Gasteiger partial charge in [0.25, 0.3) is 0 Å². The molecule has 1 atom stereocenters. The molecule has 1 aliphatic rings. The Bertz CT molecular complexity index is 623. The van der Waals surface area contributed by atoms with Gasteiger partial charge in [-0.3, -0.25) is 0 Å². The van der Waals surface area contributed by atoms with E-state index >= 15 is 0 Å². The highest BCUT2D eigenvalue weighted by Crippen LogP contribution is 2.27. The quantitative estimate of drug-likeness (QED) is 0.602. The summed E-state index contributed by atoms with van der Waals surface area (Å²) in [7, 11) is 0. The molecular weight excluding hydrogens is 369 g/mol. The Morgan fingerprint density at radius 2 is 2.10 bits per heavy atom. The largest absolute Gasteiger partial charge is 0.458 e. The van der Waals surface area contributed by atoms with Crippen LogP contribution in [0.4, 0.5) is 0 Å². The number of aromatic nitrogens is 3. The second-order valence-corrected chi connectivity index (χ2v) is 5.89. The number of hydrogen-bond acceptors (Lipinski definition) is 4. The van der Waals surface area contributed by atoms with Crippen LogP contribution in [-0.2, 0) is 4.74 Å². The highest BCUT2D eigenvalue weighted by molar-refractivity contribution is 14.1. The number of halogens is 1. The number of ether oxygens (including phenoxy) is 1. The van der Waals surface area contributed by atoms with E-state index in [2.05, 4.69) is 10.3 Å². The van der Waals surface area contributed by atoms with Gasteiger partial charge in [0, 0.05) is 0 Å². The van der Waals surface area contributed by atoms with Gasteiger partial charge in [-0.25, -0.2) is 9.48 Å². The van der Waals surface area contributed by atoms with Crippen molar-refractivity contribution in [3.05, 3.63) is 45.3 Å². The van der Waals surface area contributed by atoms with Crippen molar-refractivity contribution in [2.75, 3.05) is 0 Å². The van der Waals surface area contributed by atoms with Gasteiger partial charge >= 0.3 is 5.97 Å². The molecule has 1 saturated carbocycles. The molecule has 0 radical (unpaired) electrons. The number of esters is 1. The topological polar surface area (TPSA) is 57.0 Å². The lowest BCUT2D eigenvalue weighted by atomic mass is 10.1. The Morgan fingerprint density at radius 1 is 1.40 bits per heavy atom. The third kappa shape index (κ3) is 2.70. The maximum Gasteiger partial charge on any atom is 0.359 e. The van der Waals surface area contributed by atoms with Gasteiger partial charge in [0.2, 0.25) is 0 Å². The summed E-state index contributed by atoms with van der Waals surface area (Å²) in [5.41, 5.74) is 1.52. The van der Waals surface area contributed by atoms with Crippen molar-refractivity contribution in [2.24, 2.45) is 0 Å². The summed E-state index contributed by atoms with van der Waals surface area (Å²) < 4.78 is 7.59. The van der Waals surface area contributed by atoms with E-state index in [1.807, 2.05) is 59.8 Å². The smallest absolute Gasteiger partial charge is 0.359 e. The van der Waals surface area contributed by atoms with E-state index in [9.17, 15) is 4.79 Å². The second-order valence-electron chi connectivity index (χ2n) is 4.86. The zero-order valence-corrected chi connectivity index (χ0v) is 13.1. The number of carbonyl (C=O) groups is 1. The van der Waals surface area contributed by atoms with E-state index in [0.29, 0.717) is 9.39 Å². The van der Waals surface area contributed by atoms with Gasteiger partial charge in [-0.05, 0) is 47.9 Å². The fraction of sp³-hybridized carbons (Fsp3) is 0.357. The van der Waals surface area contributed by atoms with E-state index < -0.39 is 0 Å². The standard InChI is InChI=1S/C14H14IN3O2/c1-9(10-5-3-2-4-6-10)18-12(13(15)16-17-18)14(19)20-11-7-8-11/h2-6,9,11H,7-8H2,1H3/t9-/m1/s1. The fourth-order valence-electron chi connectivity index (χ4n) is 1.99. The summed E-state index contributed by atoms with van der Waals surface area (Å²) in [5.74, 6) is -0.329. The molecule has 1 aliphatic carbocycles. The van der Waals surface area contributed by atoms with Gasteiger partial charge in [-0.2, -0.15) is 0 Å². The molecule has 0 amide bonds. The summed E-state index contributed by atoms with van der Waals surface area (Å²) in [6, 6.07) is 9.86. The molecule has 2 aromatic rings. The normalized spacial score (nSPS) is 15.9. The van der Waals surface area contributed by atoms with Crippen molar-refractivity contribution in [3.8, 4) is 0 Å². The number of carbonyl (C=O) groups excluding carboxylic acids is 1. The SMILES string of the molecule is C[C@H](c1ccccc1)n1nnc(I)c1C(=O)OC1CC1. The number of hydrogen-bond donors (Lipinski definition) is 0. The Kier molecular flexibility index (Phi) is 3.73. The van der Waals surface area contributed by atoms with Crippen molar-refractivity contribution in [3.63, 3.8) is 0 Å². The number of nitrogens with zero attached hydrogens (tertiary/aromatic N) is 3. The van der Waals surface area contributed by atoms with Crippen molar-refractivity contribution in [1.82, 2.24) is 15.0 Å². The Labute approximate surface area is 130 Å². The number of rotatable bonds is 4. The molecule has 6 heteroatoms. The minimum atomic E-state index is -0.329. The first-order chi connectivity index (χ1) is 9.66. The molecule has 0 saturated heterocycles. The Hall–Kier alpha value is -1.44. The molecule has 5 nitrogen and oxygen atoms in total. The van der Waals surface area contributed by atoms with E-state index in [0.717, 1.165) is 18.4 Å². The number of benzene rings is 1. The van der Waals surface area contributed by atoms with Crippen LogP contribution in [0.3, 0.4) is 0 Å². The van der Waals surface area contributed by atoms with Crippen LogP contribution < -0.4 is 0 Å². The summed E-state index contributed by atoms with van der Waals surface area (Å²) in [6.07, 6.45) is 1.99. The van der Waals surface area contributed by atoms with Crippen LogP contribution in [0.2, 0.25) is 0 Å². The maximum atomic E-state index is 12.2. The minimum absolute atomic E-state index is 0.0611. The molecule has 3 rings (SSSR count). The van der Waals surface area contributed by atoms with Crippen molar-refractivity contribution in [2.45, 2.75) is 31.9 Å². The van der Waals surface area contributed by atoms with Gasteiger partial charge in [0.1, 0.15) is 6.10 Å². The average Bonchev–Trinajstić information content (AvgIpc) is 3.19. The zero-order chi connectivity index (χ0) is 14.1. The Balaban J connectivity index is 1.91. The lowest BCUT2D eigenvalue weighted by Crippen LogP contribution is -2.18. The lowest BCUT2D eigenvalue weighted by Gasteiger charge is -2.14. The molecule has 20 heavy (non-hydrogen) atoms. The summed E-state index contributed by atoms with van der Waals surface area (Å²) in [4.78, 5) is 12.2. The molecule has 1 aromatic carbocycles. The Morgan fingerprint density at radius 3 is 2.75 bits per heavy atom. The van der Waals surface area contributed by atoms with Crippen molar-refractivity contribution in [1.29, 1.82) is 0 Å². The molecule has 104 valence electrons. The molecule has 1 heterocycles. The molecule has 0 unspecified atom stereocenters. The summed E-state index contributed by atoms with van der Waals surface area (Å²) in [5, 5.41) is 8.11. The molecule has 0 bridgehead atoms. The van der Waals surface area contributed by atoms with Crippen LogP contribution in [0.15, 0.2) is 30.3 Å². The van der Waals surface area contributed by atoms with Crippen LogP contribution >= 0.6 is 22.6 Å². The van der Waals surface area contributed by atoms with Crippen molar-refractivity contribution >= 4 is 28.6 Å². The van der Waals surface area contributed by atoms with Crippen LogP contribution in [0.5, 0.6) is 0 Å². The molecule has 1 fully saturated rings. The first-order valence-electron chi connectivity index (χ1n) is 6.53. The maximum absolute atomic E-state index is 12.2. The minimum Gasteiger partial charge on any atom is -0.458 e. The predicted molar refractivity (Wildman–Crippen MR) is 81.4 cm³/mol. The summed E-state index contributed by atoms with van der Waals surface area (Å²) >= 11 is 2.02. The lowest BCUT2D eigenvalue weighted by molar-refractivity contribution is 0.0455. The van der Waals surface area contributed by atoms with Crippen LogP contribution in [0.1, 0.15) is 41.9 Å². The van der Waals surface area contributed by atoms with Crippen LogP contribution in [-0.4, -0.2) is 27.1 Å². The monoisotopic (exact) mass is 383 g/mol. The van der Waals surface area contributed by atoms with E-state index in [-0.39, 0.29) is 18.1 Å². The average molecular weight is 383 g/mol. The zero-order valence-electron chi connectivity index (χ0n) is 11.0. The molecule has 0 N–H and O–H groups in total. The van der Waals surface area contributed by atoms with E-state index in [4.69, 9.17) is 4.74 Å². The van der Waals surface area contributed by atoms with Crippen LogP contribution in [0, 0.1) is 3.70 Å².